The van der Waals surface area contributed by atoms with Crippen LogP contribution in [-0.2, 0) is 16.1 Å². The molecule has 6 rings (SSSR count). The Balaban J connectivity index is 1.20. The number of fused-ring (bicyclic) bond motifs is 5. The number of nitrogens with one attached hydrogen (secondary N) is 2. The van der Waals surface area contributed by atoms with E-state index >= 15 is 0 Å². The van der Waals surface area contributed by atoms with Gasteiger partial charge in [-0.25, -0.2) is 4.39 Å². The van der Waals surface area contributed by atoms with Gasteiger partial charge in [-0.1, -0.05) is 0 Å². The van der Waals surface area contributed by atoms with Crippen LogP contribution in [0.4, 0.5) is 4.39 Å². The number of hydrogen-bond acceptors (Lipinski definition) is 8. The van der Waals surface area contributed by atoms with E-state index in [0.29, 0.717) is 55.8 Å². The third-order valence-electron chi connectivity index (χ3n) is 8.73. The SMILES string of the molecule is COc1ccc2cc1OCC(=O)NCc1cc(F)cc(c1)O[C@@H]1CCN(C(=O)C3CCN(C(=O)c4ccncc4)CC3)C[C@@H]1NC2=O. The molecule has 4 heterocycles. The van der Waals surface area contributed by atoms with E-state index in [1.807, 2.05) is 0 Å². The summed E-state index contributed by atoms with van der Waals surface area (Å²) in [5.41, 5.74) is 1.31. The number of nitrogens with zero attached hydrogens (tertiary/aromatic N) is 3. The molecule has 0 unspecified atom stereocenters. The van der Waals surface area contributed by atoms with Crippen molar-refractivity contribution in [2.75, 3.05) is 39.9 Å². The van der Waals surface area contributed by atoms with E-state index in [4.69, 9.17) is 14.2 Å². The summed E-state index contributed by atoms with van der Waals surface area (Å²) in [6.07, 6.45) is 4.03. The number of carbonyl (C=O) groups excluding carboxylic acids is 4. The topological polar surface area (TPSA) is 139 Å². The molecule has 1 aromatic heterocycles. The summed E-state index contributed by atoms with van der Waals surface area (Å²) >= 11 is 0. The third kappa shape index (κ3) is 7.45. The summed E-state index contributed by atoms with van der Waals surface area (Å²) in [5.74, 6) is -1.01. The minimum absolute atomic E-state index is 0.0373. The van der Waals surface area contributed by atoms with E-state index in [9.17, 15) is 23.6 Å². The number of aromatic nitrogens is 1. The van der Waals surface area contributed by atoms with Crippen molar-refractivity contribution < 1.29 is 37.8 Å². The van der Waals surface area contributed by atoms with Crippen LogP contribution in [0.3, 0.4) is 0 Å². The minimum Gasteiger partial charge on any atom is -0.493 e. The Labute approximate surface area is 271 Å². The van der Waals surface area contributed by atoms with E-state index in [1.54, 1.807) is 52.5 Å². The molecule has 0 spiro atoms. The van der Waals surface area contributed by atoms with Crippen molar-refractivity contribution in [2.24, 2.45) is 5.92 Å². The van der Waals surface area contributed by atoms with Gasteiger partial charge in [-0.05, 0) is 60.9 Å². The van der Waals surface area contributed by atoms with Gasteiger partial charge < -0.3 is 34.6 Å². The highest BCUT2D eigenvalue weighted by molar-refractivity contribution is 5.95. The zero-order chi connectivity index (χ0) is 32.9. The van der Waals surface area contributed by atoms with Gasteiger partial charge in [0.15, 0.2) is 18.1 Å². The summed E-state index contributed by atoms with van der Waals surface area (Å²) in [4.78, 5) is 60.2. The van der Waals surface area contributed by atoms with Crippen LogP contribution in [0.15, 0.2) is 60.9 Å². The second kappa shape index (κ2) is 14.1. The van der Waals surface area contributed by atoms with Gasteiger partial charge >= 0.3 is 0 Å². The first-order valence-electron chi connectivity index (χ1n) is 15.6. The summed E-state index contributed by atoms with van der Waals surface area (Å²) in [5, 5.41) is 5.72. The number of likely N-dealkylation sites (tertiary alicyclic amines) is 2. The molecule has 2 saturated heterocycles. The van der Waals surface area contributed by atoms with Crippen molar-refractivity contribution in [3.63, 3.8) is 0 Å². The molecule has 2 N–H and O–H groups in total. The average molecular weight is 646 g/mol. The second-order valence-electron chi connectivity index (χ2n) is 11.8. The lowest BCUT2D eigenvalue weighted by atomic mass is 9.92. The first-order chi connectivity index (χ1) is 22.8. The molecule has 0 radical (unpaired) electrons. The maximum atomic E-state index is 14.6. The molecule has 3 aliphatic heterocycles. The lowest BCUT2D eigenvalue weighted by molar-refractivity contribution is -0.139. The van der Waals surface area contributed by atoms with Gasteiger partial charge in [0, 0.05) is 74.6 Å². The van der Waals surface area contributed by atoms with Crippen molar-refractivity contribution in [1.29, 1.82) is 0 Å². The predicted molar refractivity (Wildman–Crippen MR) is 166 cm³/mol. The number of piperidine rings is 2. The molecular weight excluding hydrogens is 609 g/mol. The zero-order valence-electron chi connectivity index (χ0n) is 25.9. The number of amides is 4. The van der Waals surface area contributed by atoms with E-state index in [-0.39, 0.29) is 54.5 Å². The van der Waals surface area contributed by atoms with Crippen LogP contribution in [0.25, 0.3) is 0 Å². The summed E-state index contributed by atoms with van der Waals surface area (Å²) in [6.45, 7) is 1.18. The number of carbonyl (C=O) groups is 4. The van der Waals surface area contributed by atoms with Crippen molar-refractivity contribution in [3.05, 3.63) is 83.4 Å². The lowest BCUT2D eigenvalue weighted by Crippen LogP contribution is -2.59. The lowest BCUT2D eigenvalue weighted by Gasteiger charge is -2.41. The van der Waals surface area contributed by atoms with Gasteiger partial charge in [-0.2, -0.15) is 0 Å². The quantitative estimate of drug-likeness (QED) is 0.443. The number of ether oxygens (including phenoxy) is 3. The van der Waals surface area contributed by atoms with Crippen LogP contribution in [0.5, 0.6) is 17.2 Å². The first-order valence-corrected chi connectivity index (χ1v) is 15.6. The summed E-state index contributed by atoms with van der Waals surface area (Å²) in [6, 6.07) is 11.6. The van der Waals surface area contributed by atoms with Crippen LogP contribution in [-0.4, -0.2) is 90.5 Å². The van der Waals surface area contributed by atoms with Crippen molar-refractivity contribution in [2.45, 2.75) is 38.0 Å². The fourth-order valence-electron chi connectivity index (χ4n) is 6.22. The predicted octanol–water partition coefficient (Wildman–Crippen LogP) is 2.57. The first kappa shape index (κ1) is 31.8. The molecule has 4 bridgehead atoms. The number of rotatable bonds is 3. The minimum atomic E-state index is -0.626. The number of methoxy groups -OCH3 is 1. The van der Waals surface area contributed by atoms with Gasteiger partial charge in [0.1, 0.15) is 17.7 Å². The van der Waals surface area contributed by atoms with Crippen LogP contribution >= 0.6 is 0 Å². The molecule has 47 heavy (non-hydrogen) atoms. The Hall–Kier alpha value is -5.20. The number of benzene rings is 2. The van der Waals surface area contributed by atoms with E-state index in [1.165, 1.54) is 25.3 Å². The Bertz CT molecular complexity index is 1650. The molecule has 3 aromatic rings. The standard InChI is InChI=1S/C34H36FN5O7/c1-45-29-3-2-24-16-30(29)46-20-31(41)37-18-21-14-25(35)17-26(15-21)47-28-8-13-40(19-27(28)38-32(24)42)34(44)23-6-11-39(12-7-23)33(43)22-4-9-36-10-5-22/h2-5,9-10,14-17,23,27-28H,6-8,11-13,18-20H2,1H3,(H,37,41)(H,38,42)/t27-,28+/m0/s1. The summed E-state index contributed by atoms with van der Waals surface area (Å²) in [7, 11) is 1.45. The average Bonchev–Trinajstić information content (AvgIpc) is 3.09. The van der Waals surface area contributed by atoms with E-state index in [0.717, 1.165) is 0 Å². The largest absolute Gasteiger partial charge is 0.493 e. The number of hydrogen-bond donors (Lipinski definition) is 2. The highest BCUT2D eigenvalue weighted by Crippen LogP contribution is 2.30. The number of halogens is 1. The smallest absolute Gasteiger partial charge is 0.258 e. The monoisotopic (exact) mass is 645 g/mol. The summed E-state index contributed by atoms with van der Waals surface area (Å²) < 4.78 is 31.9. The Morgan fingerprint density at radius 2 is 1.74 bits per heavy atom. The molecule has 2 atom stereocenters. The molecule has 2 aromatic carbocycles. The third-order valence-corrected chi connectivity index (χ3v) is 8.73. The molecule has 3 aliphatic rings. The highest BCUT2D eigenvalue weighted by atomic mass is 19.1. The molecule has 13 heteroatoms. The molecule has 2 fully saturated rings. The Morgan fingerprint density at radius 1 is 0.979 bits per heavy atom. The van der Waals surface area contributed by atoms with Gasteiger partial charge in [-0.3, -0.25) is 24.2 Å². The van der Waals surface area contributed by atoms with Crippen molar-refractivity contribution >= 4 is 23.6 Å². The van der Waals surface area contributed by atoms with Crippen molar-refractivity contribution in [3.8, 4) is 17.2 Å². The van der Waals surface area contributed by atoms with Gasteiger partial charge in [0.25, 0.3) is 17.7 Å². The van der Waals surface area contributed by atoms with Crippen LogP contribution in [0.1, 0.15) is 45.5 Å². The number of pyridine rings is 1. The van der Waals surface area contributed by atoms with E-state index in [2.05, 4.69) is 15.6 Å². The Morgan fingerprint density at radius 3 is 2.51 bits per heavy atom. The van der Waals surface area contributed by atoms with Crippen molar-refractivity contribution in [1.82, 2.24) is 25.4 Å². The maximum Gasteiger partial charge on any atom is 0.258 e. The van der Waals surface area contributed by atoms with E-state index < -0.39 is 29.8 Å². The van der Waals surface area contributed by atoms with Crippen LogP contribution in [0.2, 0.25) is 0 Å². The highest BCUT2D eigenvalue weighted by Gasteiger charge is 2.38. The Kier molecular flexibility index (Phi) is 9.50. The van der Waals surface area contributed by atoms with Crippen LogP contribution in [0, 0.1) is 11.7 Å². The molecule has 12 nitrogen and oxygen atoms in total. The van der Waals surface area contributed by atoms with Crippen LogP contribution < -0.4 is 24.8 Å². The van der Waals surface area contributed by atoms with Gasteiger partial charge in [0.2, 0.25) is 5.91 Å². The second-order valence-corrected chi connectivity index (χ2v) is 11.8. The zero-order valence-corrected chi connectivity index (χ0v) is 25.9. The molecule has 0 saturated carbocycles. The fraction of sp³-hybridized carbons (Fsp3) is 0.382. The van der Waals surface area contributed by atoms with Gasteiger partial charge in [-0.15, -0.1) is 0 Å². The normalized spacial score (nSPS) is 20.6. The maximum absolute atomic E-state index is 14.6. The molecule has 246 valence electrons. The molecule has 0 aliphatic carbocycles. The fourth-order valence-corrected chi connectivity index (χ4v) is 6.22. The van der Waals surface area contributed by atoms with Gasteiger partial charge in [0.05, 0.1) is 13.2 Å². The molecular formula is C34H36FN5O7. The molecule has 4 amide bonds.